The van der Waals surface area contributed by atoms with Gasteiger partial charge in [0, 0.05) is 25.5 Å². The number of ether oxygens (including phenoxy) is 2. The summed E-state index contributed by atoms with van der Waals surface area (Å²) in [5.74, 6) is -0.685. The summed E-state index contributed by atoms with van der Waals surface area (Å²) in [6.07, 6.45) is 2.48. The molecule has 100 valence electrons. The van der Waals surface area contributed by atoms with Crippen LogP contribution in [0.3, 0.4) is 0 Å². The predicted molar refractivity (Wildman–Crippen MR) is 65.5 cm³/mol. The van der Waals surface area contributed by atoms with Gasteiger partial charge in [0.25, 0.3) is 0 Å². The van der Waals surface area contributed by atoms with Crippen molar-refractivity contribution >= 4 is 24.0 Å². The quantitative estimate of drug-likeness (QED) is 0.378. The average molecular weight is 264 g/mol. The lowest BCUT2D eigenvalue weighted by Gasteiger charge is -2.27. The zero-order chi connectivity index (χ0) is 13.3. The van der Waals surface area contributed by atoms with E-state index in [0.29, 0.717) is 13.0 Å². The predicted octanol–water partition coefficient (Wildman–Crippen LogP) is 1.80. The van der Waals surface area contributed by atoms with Gasteiger partial charge in [-0.15, -0.1) is 0 Å². The number of rotatable bonds is 8. The largest absolute Gasteiger partial charge is 0.465 e. The molecule has 0 rings (SSSR count). The third-order valence-corrected chi connectivity index (χ3v) is 2.56. The van der Waals surface area contributed by atoms with Gasteiger partial charge in [-0.05, 0) is 18.5 Å². The van der Waals surface area contributed by atoms with Crippen LogP contribution in [-0.2, 0) is 23.2 Å². The Morgan fingerprint density at radius 3 is 1.94 bits per heavy atom. The summed E-state index contributed by atoms with van der Waals surface area (Å²) in [5, 5.41) is 0. The molecule has 0 spiro atoms. The van der Waals surface area contributed by atoms with Crippen molar-refractivity contribution in [2.75, 3.05) is 26.1 Å². The molecule has 0 aromatic heterocycles. The fourth-order valence-electron chi connectivity index (χ4n) is 1.11. The fraction of sp³-hybridized carbons (Fsp3) is 0.818. The molecule has 0 N–H and O–H groups in total. The molecule has 0 fully saturated rings. The molecule has 0 bridgehead atoms. The summed E-state index contributed by atoms with van der Waals surface area (Å²) < 4.78 is 15.1. The van der Waals surface area contributed by atoms with E-state index in [1.165, 1.54) is 25.9 Å². The van der Waals surface area contributed by atoms with Crippen molar-refractivity contribution in [2.45, 2.75) is 27.2 Å². The topological polar surface area (TPSA) is 61.8 Å². The van der Waals surface area contributed by atoms with Crippen LogP contribution in [0.2, 0.25) is 0 Å². The van der Waals surface area contributed by atoms with Gasteiger partial charge in [0.2, 0.25) is 0 Å². The average Bonchev–Trinajstić information content (AvgIpc) is 2.24. The second-order valence-electron chi connectivity index (χ2n) is 4.11. The Morgan fingerprint density at radius 1 is 1.12 bits per heavy atom. The van der Waals surface area contributed by atoms with Gasteiger partial charge < -0.3 is 13.7 Å². The molecule has 0 aromatic carbocycles. The third-order valence-electron chi connectivity index (χ3n) is 2.15. The van der Waals surface area contributed by atoms with Crippen LogP contribution in [0.25, 0.3) is 0 Å². The SMILES string of the molecule is CSOCCC(C)(COC(C)=O)COC(C)=O. The molecular formula is C11H20O5S. The maximum absolute atomic E-state index is 10.8. The number of carbonyl (C=O) groups excluding carboxylic acids is 2. The van der Waals surface area contributed by atoms with Crippen molar-refractivity contribution in [2.24, 2.45) is 5.41 Å². The van der Waals surface area contributed by atoms with Crippen LogP contribution in [0.1, 0.15) is 27.2 Å². The smallest absolute Gasteiger partial charge is 0.302 e. The van der Waals surface area contributed by atoms with Crippen LogP contribution >= 0.6 is 12.0 Å². The Labute approximate surface area is 106 Å². The van der Waals surface area contributed by atoms with E-state index >= 15 is 0 Å². The lowest BCUT2D eigenvalue weighted by molar-refractivity contribution is -0.151. The van der Waals surface area contributed by atoms with E-state index in [1.54, 1.807) is 0 Å². The summed E-state index contributed by atoms with van der Waals surface area (Å²) in [6, 6.07) is 0. The van der Waals surface area contributed by atoms with Crippen molar-refractivity contribution in [3.63, 3.8) is 0 Å². The minimum absolute atomic E-state index is 0.216. The minimum Gasteiger partial charge on any atom is -0.465 e. The molecule has 0 aliphatic rings. The van der Waals surface area contributed by atoms with E-state index in [4.69, 9.17) is 13.7 Å². The second kappa shape index (κ2) is 8.36. The molecule has 0 saturated carbocycles. The van der Waals surface area contributed by atoms with Gasteiger partial charge in [0.15, 0.2) is 0 Å². The van der Waals surface area contributed by atoms with E-state index in [0.717, 1.165) is 0 Å². The number of hydrogen-bond acceptors (Lipinski definition) is 6. The highest BCUT2D eigenvalue weighted by Crippen LogP contribution is 2.23. The minimum atomic E-state index is -0.410. The molecule has 5 nitrogen and oxygen atoms in total. The highest BCUT2D eigenvalue weighted by atomic mass is 32.2. The summed E-state index contributed by atoms with van der Waals surface area (Å²) in [6.45, 7) is 5.54. The van der Waals surface area contributed by atoms with Crippen LogP contribution in [-0.4, -0.2) is 38.0 Å². The molecule has 17 heavy (non-hydrogen) atoms. The summed E-state index contributed by atoms with van der Waals surface area (Å²) in [5.41, 5.74) is -0.410. The highest BCUT2D eigenvalue weighted by molar-refractivity contribution is 7.93. The molecule has 0 unspecified atom stereocenters. The number of carbonyl (C=O) groups is 2. The van der Waals surface area contributed by atoms with E-state index < -0.39 is 5.41 Å². The monoisotopic (exact) mass is 264 g/mol. The zero-order valence-electron chi connectivity index (χ0n) is 10.8. The maximum atomic E-state index is 10.8. The summed E-state index contributed by atoms with van der Waals surface area (Å²) >= 11 is 1.28. The summed E-state index contributed by atoms with van der Waals surface area (Å²) in [4.78, 5) is 21.6. The highest BCUT2D eigenvalue weighted by Gasteiger charge is 2.27. The molecule has 0 saturated heterocycles. The van der Waals surface area contributed by atoms with Crippen molar-refractivity contribution in [3.05, 3.63) is 0 Å². The summed E-state index contributed by atoms with van der Waals surface area (Å²) in [7, 11) is 0. The molecule has 0 heterocycles. The molecule has 0 aliphatic carbocycles. The van der Waals surface area contributed by atoms with E-state index in [9.17, 15) is 9.59 Å². The Bertz CT molecular complexity index is 236. The Kier molecular flexibility index (Phi) is 7.99. The first-order valence-corrected chi connectivity index (χ1v) is 6.47. The molecule has 6 heteroatoms. The Morgan fingerprint density at radius 2 is 1.59 bits per heavy atom. The van der Waals surface area contributed by atoms with Crippen molar-refractivity contribution in [3.8, 4) is 0 Å². The second-order valence-corrected chi connectivity index (χ2v) is 4.68. The van der Waals surface area contributed by atoms with Crippen molar-refractivity contribution in [1.29, 1.82) is 0 Å². The lowest BCUT2D eigenvalue weighted by Crippen LogP contribution is -2.32. The first-order chi connectivity index (χ1) is 7.89. The normalized spacial score (nSPS) is 11.1. The van der Waals surface area contributed by atoms with Gasteiger partial charge in [-0.25, -0.2) is 0 Å². The standard InChI is InChI=1S/C11H20O5S/c1-9(12)14-7-11(3,5-6-16-17-4)8-15-10(2)13/h5-8H2,1-4H3. The van der Waals surface area contributed by atoms with E-state index in [-0.39, 0.29) is 25.2 Å². The Balaban J connectivity index is 4.22. The van der Waals surface area contributed by atoms with Gasteiger partial charge in [0.05, 0.1) is 19.8 Å². The van der Waals surface area contributed by atoms with E-state index in [2.05, 4.69) is 0 Å². The van der Waals surface area contributed by atoms with Crippen molar-refractivity contribution in [1.82, 2.24) is 0 Å². The first-order valence-electron chi connectivity index (χ1n) is 5.32. The van der Waals surface area contributed by atoms with Crippen molar-refractivity contribution < 1.29 is 23.2 Å². The van der Waals surface area contributed by atoms with Gasteiger partial charge in [-0.1, -0.05) is 6.92 Å². The molecule has 0 atom stereocenters. The molecule has 0 radical (unpaired) electrons. The lowest BCUT2D eigenvalue weighted by atomic mass is 9.89. The van der Waals surface area contributed by atoms with Gasteiger partial charge in [-0.2, -0.15) is 0 Å². The fourth-order valence-corrected chi connectivity index (χ4v) is 1.36. The molecular weight excluding hydrogens is 244 g/mol. The van der Waals surface area contributed by atoms with Gasteiger partial charge in [-0.3, -0.25) is 9.59 Å². The molecule has 0 aromatic rings. The third kappa shape index (κ3) is 9.00. The van der Waals surface area contributed by atoms with Gasteiger partial charge >= 0.3 is 11.9 Å². The maximum Gasteiger partial charge on any atom is 0.302 e. The molecule has 0 amide bonds. The number of esters is 2. The van der Waals surface area contributed by atoms with Crippen LogP contribution < -0.4 is 0 Å². The first kappa shape index (κ1) is 16.2. The number of hydrogen-bond donors (Lipinski definition) is 0. The van der Waals surface area contributed by atoms with Crippen LogP contribution in [0.5, 0.6) is 0 Å². The van der Waals surface area contributed by atoms with Gasteiger partial charge in [0.1, 0.15) is 0 Å². The van der Waals surface area contributed by atoms with E-state index in [1.807, 2.05) is 13.2 Å². The van der Waals surface area contributed by atoms with Crippen LogP contribution in [0, 0.1) is 5.41 Å². The van der Waals surface area contributed by atoms with Crippen LogP contribution in [0.15, 0.2) is 0 Å². The Hall–Kier alpha value is -0.750. The van der Waals surface area contributed by atoms with Crippen LogP contribution in [0.4, 0.5) is 0 Å². The zero-order valence-corrected chi connectivity index (χ0v) is 11.6. The molecule has 0 aliphatic heterocycles.